The van der Waals surface area contributed by atoms with E-state index in [0.29, 0.717) is 17.7 Å². The lowest BCUT2D eigenvalue weighted by atomic mass is 9.83. The molecule has 1 aliphatic heterocycles. The Labute approximate surface area is 161 Å². The second-order valence-electron chi connectivity index (χ2n) is 7.75. The molecule has 5 nitrogen and oxygen atoms in total. The maximum absolute atomic E-state index is 12.9. The van der Waals surface area contributed by atoms with Gasteiger partial charge in [0, 0.05) is 32.0 Å². The van der Waals surface area contributed by atoms with Crippen molar-refractivity contribution in [3.8, 4) is 11.5 Å². The lowest BCUT2D eigenvalue weighted by Crippen LogP contribution is -2.50. The number of amides is 1. The minimum Gasteiger partial charge on any atom is -0.497 e. The highest BCUT2D eigenvalue weighted by Gasteiger charge is 2.50. The molecule has 1 aromatic rings. The predicted octanol–water partition coefficient (Wildman–Crippen LogP) is 2.86. The number of likely N-dealkylation sites (tertiary alicyclic amines) is 1. The van der Waals surface area contributed by atoms with Gasteiger partial charge in [0.15, 0.2) is 0 Å². The van der Waals surface area contributed by atoms with Crippen LogP contribution in [0.2, 0.25) is 0 Å². The highest BCUT2D eigenvalue weighted by atomic mass is 35.5. The van der Waals surface area contributed by atoms with Gasteiger partial charge in [-0.1, -0.05) is 0 Å². The number of halogens is 1. The Morgan fingerprint density at radius 3 is 2.23 bits per heavy atom. The van der Waals surface area contributed by atoms with Crippen molar-refractivity contribution in [1.29, 1.82) is 0 Å². The van der Waals surface area contributed by atoms with E-state index in [-0.39, 0.29) is 30.5 Å². The van der Waals surface area contributed by atoms with E-state index in [1.165, 1.54) is 12.8 Å². The van der Waals surface area contributed by atoms with Gasteiger partial charge in [-0.3, -0.25) is 4.79 Å². The molecule has 1 saturated heterocycles. The SMILES string of the molecule is COc1ccc(OC2CCN(C(=O)[C@@H]3[C@@H]4CC[C@@H](C4)[C@@H]3N)CC2)cc1.Cl. The number of hydrogen-bond acceptors (Lipinski definition) is 4. The topological polar surface area (TPSA) is 64.8 Å². The Morgan fingerprint density at radius 2 is 1.65 bits per heavy atom. The molecule has 26 heavy (non-hydrogen) atoms. The van der Waals surface area contributed by atoms with E-state index in [9.17, 15) is 4.79 Å². The molecule has 0 unspecified atom stereocenters. The van der Waals surface area contributed by atoms with Crippen LogP contribution in [0.15, 0.2) is 24.3 Å². The Hall–Kier alpha value is -1.46. The summed E-state index contributed by atoms with van der Waals surface area (Å²) in [4.78, 5) is 15.0. The lowest BCUT2D eigenvalue weighted by molar-refractivity contribution is -0.139. The summed E-state index contributed by atoms with van der Waals surface area (Å²) >= 11 is 0. The first-order chi connectivity index (χ1) is 12.2. The van der Waals surface area contributed by atoms with E-state index in [0.717, 1.165) is 43.9 Å². The number of rotatable bonds is 4. The molecule has 2 aliphatic carbocycles. The second-order valence-corrected chi connectivity index (χ2v) is 7.75. The fourth-order valence-electron chi connectivity index (χ4n) is 4.95. The van der Waals surface area contributed by atoms with E-state index in [4.69, 9.17) is 15.2 Å². The molecule has 2 bridgehead atoms. The quantitative estimate of drug-likeness (QED) is 0.872. The summed E-state index contributed by atoms with van der Waals surface area (Å²) in [5.41, 5.74) is 6.34. The number of carbonyl (C=O) groups is 1. The van der Waals surface area contributed by atoms with Crippen LogP contribution < -0.4 is 15.2 Å². The largest absolute Gasteiger partial charge is 0.497 e. The summed E-state index contributed by atoms with van der Waals surface area (Å²) in [7, 11) is 1.66. The fraction of sp³-hybridized carbons (Fsp3) is 0.650. The molecular formula is C20H29ClN2O3. The van der Waals surface area contributed by atoms with Crippen LogP contribution in [-0.2, 0) is 4.79 Å². The number of piperidine rings is 1. The summed E-state index contributed by atoms with van der Waals surface area (Å²) in [6, 6.07) is 7.77. The first-order valence-electron chi connectivity index (χ1n) is 9.51. The van der Waals surface area contributed by atoms with Crippen molar-refractivity contribution in [3.63, 3.8) is 0 Å². The Kier molecular flexibility index (Phi) is 5.98. The second kappa shape index (κ2) is 8.05. The summed E-state index contributed by atoms with van der Waals surface area (Å²) in [5.74, 6) is 3.16. The number of methoxy groups -OCH3 is 1. The third-order valence-electron chi connectivity index (χ3n) is 6.38. The number of carbonyl (C=O) groups excluding carboxylic acids is 1. The fourth-order valence-corrected chi connectivity index (χ4v) is 4.95. The maximum Gasteiger partial charge on any atom is 0.227 e. The summed E-state index contributed by atoms with van der Waals surface area (Å²) in [6.45, 7) is 1.56. The zero-order valence-corrected chi connectivity index (χ0v) is 16.1. The van der Waals surface area contributed by atoms with E-state index >= 15 is 0 Å². The Balaban J connectivity index is 0.00000196. The predicted molar refractivity (Wildman–Crippen MR) is 103 cm³/mol. The molecular weight excluding hydrogens is 352 g/mol. The van der Waals surface area contributed by atoms with Crippen LogP contribution in [0.1, 0.15) is 32.1 Å². The van der Waals surface area contributed by atoms with Crippen LogP contribution in [-0.4, -0.2) is 43.2 Å². The van der Waals surface area contributed by atoms with Gasteiger partial charge in [-0.25, -0.2) is 0 Å². The monoisotopic (exact) mass is 380 g/mol. The standard InChI is InChI=1S/C20H28N2O3.ClH/c1-24-15-4-6-16(7-5-15)25-17-8-10-22(11-9-17)20(23)18-13-2-3-14(12-13)19(18)21;/h4-7,13-14,17-19H,2-3,8-12,21H2,1H3;1H/t13-,14+,18-,19+;/m1./s1. The molecule has 3 fully saturated rings. The number of nitrogens with two attached hydrogens (primary N) is 1. The van der Waals surface area contributed by atoms with Crippen molar-refractivity contribution in [2.45, 2.75) is 44.2 Å². The molecule has 3 aliphatic rings. The van der Waals surface area contributed by atoms with Crippen LogP contribution in [0.25, 0.3) is 0 Å². The third-order valence-corrected chi connectivity index (χ3v) is 6.38. The number of hydrogen-bond donors (Lipinski definition) is 1. The van der Waals surface area contributed by atoms with Crippen LogP contribution in [0.4, 0.5) is 0 Å². The van der Waals surface area contributed by atoms with Crippen molar-refractivity contribution < 1.29 is 14.3 Å². The van der Waals surface area contributed by atoms with Gasteiger partial charge in [0.05, 0.1) is 13.0 Å². The summed E-state index contributed by atoms with van der Waals surface area (Å²) in [5, 5.41) is 0. The van der Waals surface area contributed by atoms with Gasteiger partial charge in [-0.15, -0.1) is 12.4 Å². The molecule has 144 valence electrons. The number of fused-ring (bicyclic) bond motifs is 2. The first-order valence-corrected chi connectivity index (χ1v) is 9.51. The van der Waals surface area contributed by atoms with Crippen LogP contribution >= 0.6 is 12.4 Å². The average molecular weight is 381 g/mol. The molecule has 0 radical (unpaired) electrons. The van der Waals surface area contributed by atoms with Gasteiger partial charge in [-0.2, -0.15) is 0 Å². The molecule has 6 heteroatoms. The van der Waals surface area contributed by atoms with E-state index < -0.39 is 0 Å². The molecule has 0 spiro atoms. The van der Waals surface area contributed by atoms with Crippen molar-refractivity contribution >= 4 is 18.3 Å². The number of benzene rings is 1. The van der Waals surface area contributed by atoms with Gasteiger partial charge >= 0.3 is 0 Å². The molecule has 1 heterocycles. The third kappa shape index (κ3) is 3.65. The van der Waals surface area contributed by atoms with E-state index in [1.807, 2.05) is 29.2 Å². The summed E-state index contributed by atoms with van der Waals surface area (Å²) < 4.78 is 11.2. The molecule has 1 amide bonds. The normalized spacial score (nSPS) is 30.8. The zero-order chi connectivity index (χ0) is 17.4. The molecule has 2 N–H and O–H groups in total. The van der Waals surface area contributed by atoms with E-state index in [2.05, 4.69) is 0 Å². The van der Waals surface area contributed by atoms with Gasteiger partial charge in [0.1, 0.15) is 17.6 Å². The molecule has 4 atom stereocenters. The van der Waals surface area contributed by atoms with E-state index in [1.54, 1.807) is 7.11 Å². The lowest BCUT2D eigenvalue weighted by Gasteiger charge is -2.37. The first kappa shape index (κ1) is 19.3. The Morgan fingerprint density at radius 1 is 1.04 bits per heavy atom. The average Bonchev–Trinajstić information content (AvgIpc) is 3.24. The number of nitrogens with zero attached hydrogens (tertiary/aromatic N) is 1. The Bertz CT molecular complexity index is 614. The van der Waals surface area contributed by atoms with Gasteiger partial charge < -0.3 is 20.1 Å². The highest BCUT2D eigenvalue weighted by Crippen LogP contribution is 2.48. The van der Waals surface area contributed by atoms with Gasteiger partial charge in [-0.05, 0) is 55.4 Å². The van der Waals surface area contributed by atoms with Gasteiger partial charge in [0.2, 0.25) is 5.91 Å². The van der Waals surface area contributed by atoms with Gasteiger partial charge in [0.25, 0.3) is 0 Å². The molecule has 2 saturated carbocycles. The summed E-state index contributed by atoms with van der Waals surface area (Å²) in [6.07, 6.45) is 5.50. The van der Waals surface area contributed by atoms with Crippen LogP contribution in [0.5, 0.6) is 11.5 Å². The van der Waals surface area contributed by atoms with Crippen molar-refractivity contribution in [2.24, 2.45) is 23.5 Å². The van der Waals surface area contributed by atoms with Crippen molar-refractivity contribution in [3.05, 3.63) is 24.3 Å². The molecule has 4 rings (SSSR count). The van der Waals surface area contributed by atoms with Crippen LogP contribution in [0, 0.1) is 17.8 Å². The molecule has 0 aromatic heterocycles. The number of ether oxygens (including phenoxy) is 2. The minimum atomic E-state index is 0. The van der Waals surface area contributed by atoms with Crippen molar-refractivity contribution in [2.75, 3.05) is 20.2 Å². The minimum absolute atomic E-state index is 0. The zero-order valence-electron chi connectivity index (χ0n) is 15.3. The van der Waals surface area contributed by atoms with Crippen LogP contribution in [0.3, 0.4) is 0 Å². The van der Waals surface area contributed by atoms with Crippen molar-refractivity contribution in [1.82, 2.24) is 4.90 Å². The molecule has 1 aromatic carbocycles. The highest BCUT2D eigenvalue weighted by molar-refractivity contribution is 5.85. The smallest absolute Gasteiger partial charge is 0.227 e. The maximum atomic E-state index is 12.9.